The fourth-order valence-corrected chi connectivity index (χ4v) is 3.71. The third-order valence-corrected chi connectivity index (χ3v) is 4.84. The van der Waals surface area contributed by atoms with Gasteiger partial charge in [-0.3, -0.25) is 4.99 Å². The number of halogens is 1. The van der Waals surface area contributed by atoms with E-state index in [0.29, 0.717) is 11.8 Å². The molecule has 0 saturated carbocycles. The molecule has 2 rings (SSSR count). The Bertz CT molecular complexity index is 439. The molecule has 0 amide bonds. The molecule has 1 aromatic heterocycles. The number of likely N-dealkylation sites (tertiary alicyclic amines) is 1. The zero-order valence-electron chi connectivity index (χ0n) is 13.7. The van der Waals surface area contributed by atoms with E-state index in [1.807, 2.05) is 18.4 Å². The largest absolute Gasteiger partial charge is 0.384 e. The summed E-state index contributed by atoms with van der Waals surface area (Å²) in [5, 5.41) is 5.67. The van der Waals surface area contributed by atoms with Crippen molar-refractivity contribution in [1.82, 2.24) is 10.2 Å². The Labute approximate surface area is 155 Å². The van der Waals surface area contributed by atoms with Crippen molar-refractivity contribution >= 4 is 41.3 Å². The van der Waals surface area contributed by atoms with E-state index in [0.717, 1.165) is 38.6 Å². The van der Waals surface area contributed by atoms with Crippen molar-refractivity contribution in [3.63, 3.8) is 0 Å². The minimum absolute atomic E-state index is 0. The second-order valence-corrected chi connectivity index (χ2v) is 6.91. The molecular weight excluding hydrogens is 409 g/mol. The van der Waals surface area contributed by atoms with Crippen LogP contribution in [0.15, 0.2) is 22.5 Å². The first-order valence-corrected chi connectivity index (χ1v) is 8.57. The molecule has 0 bridgehead atoms. The molecule has 0 aromatic carbocycles. The number of rotatable bonds is 6. The number of nitrogens with zero attached hydrogens (tertiary/aromatic N) is 2. The van der Waals surface area contributed by atoms with Crippen LogP contribution >= 0.6 is 35.3 Å². The van der Waals surface area contributed by atoms with Gasteiger partial charge in [-0.15, -0.1) is 35.3 Å². The maximum atomic E-state index is 5.26. The Hall–Kier alpha value is -0.340. The van der Waals surface area contributed by atoms with Crippen LogP contribution in [0.25, 0.3) is 0 Å². The molecule has 1 aliphatic heterocycles. The Morgan fingerprint density at radius 2 is 2.41 bits per heavy atom. The summed E-state index contributed by atoms with van der Waals surface area (Å²) >= 11 is 1.84. The summed E-state index contributed by atoms with van der Waals surface area (Å²) in [5.74, 6) is 2.28. The van der Waals surface area contributed by atoms with E-state index in [4.69, 9.17) is 4.74 Å². The zero-order valence-corrected chi connectivity index (χ0v) is 16.9. The van der Waals surface area contributed by atoms with E-state index >= 15 is 0 Å². The molecule has 1 saturated heterocycles. The van der Waals surface area contributed by atoms with Gasteiger partial charge in [-0.05, 0) is 30.2 Å². The molecule has 1 aromatic rings. The Morgan fingerprint density at radius 1 is 1.59 bits per heavy atom. The van der Waals surface area contributed by atoms with Crippen LogP contribution in [0, 0.1) is 11.8 Å². The highest BCUT2D eigenvalue weighted by Crippen LogP contribution is 2.17. The summed E-state index contributed by atoms with van der Waals surface area (Å²) in [6.07, 6.45) is 2.33. The smallest absolute Gasteiger partial charge is 0.193 e. The van der Waals surface area contributed by atoms with Crippen molar-refractivity contribution in [3.8, 4) is 0 Å². The Morgan fingerprint density at radius 3 is 3.05 bits per heavy atom. The van der Waals surface area contributed by atoms with Crippen molar-refractivity contribution in [2.45, 2.75) is 19.8 Å². The van der Waals surface area contributed by atoms with Gasteiger partial charge in [0, 0.05) is 44.6 Å². The molecule has 4 nitrogen and oxygen atoms in total. The van der Waals surface area contributed by atoms with E-state index in [2.05, 4.69) is 39.6 Å². The average molecular weight is 437 g/mol. The van der Waals surface area contributed by atoms with E-state index in [-0.39, 0.29) is 24.0 Å². The minimum Gasteiger partial charge on any atom is -0.384 e. The fraction of sp³-hybridized carbons (Fsp3) is 0.688. The molecule has 6 heteroatoms. The molecule has 2 atom stereocenters. The maximum Gasteiger partial charge on any atom is 0.193 e. The topological polar surface area (TPSA) is 36.9 Å². The van der Waals surface area contributed by atoms with Crippen molar-refractivity contribution in [1.29, 1.82) is 0 Å². The highest BCUT2D eigenvalue weighted by molar-refractivity contribution is 14.0. The lowest BCUT2D eigenvalue weighted by atomic mass is 10.1. The van der Waals surface area contributed by atoms with E-state index in [1.165, 1.54) is 11.3 Å². The van der Waals surface area contributed by atoms with Crippen LogP contribution < -0.4 is 5.32 Å². The monoisotopic (exact) mass is 437 g/mol. The Balaban J connectivity index is 0.00000242. The first-order chi connectivity index (χ1) is 10.2. The minimum atomic E-state index is 0. The number of nitrogens with one attached hydrogen (secondary N) is 1. The van der Waals surface area contributed by atoms with Gasteiger partial charge in [-0.1, -0.05) is 13.0 Å². The molecule has 1 aliphatic rings. The second kappa shape index (κ2) is 10.4. The summed E-state index contributed by atoms with van der Waals surface area (Å²) in [5.41, 5.74) is 0. The summed E-state index contributed by atoms with van der Waals surface area (Å²) in [6.45, 7) is 6.23. The quantitative estimate of drug-likeness (QED) is 0.422. The number of aliphatic imine (C=N–C) groups is 1. The number of hydrogen-bond donors (Lipinski definition) is 1. The molecule has 126 valence electrons. The normalized spacial score (nSPS) is 19.9. The lowest BCUT2D eigenvalue weighted by molar-refractivity contribution is 0.157. The standard InChI is InChI=1S/C16H27N3OS.HI/c1-13(9-15-5-4-8-21-15)10-18-16(17-2)19-7-6-14(11-19)12-20-3;/h4-5,8,13-14H,6-7,9-12H2,1-3H3,(H,17,18);1H. The number of ether oxygens (including phenoxy) is 1. The number of guanidine groups is 1. The SMILES string of the molecule is CN=C(NCC(C)Cc1cccs1)N1CCC(COC)C1.I. The molecule has 1 N–H and O–H groups in total. The molecule has 1 fully saturated rings. The van der Waals surface area contributed by atoms with Gasteiger partial charge in [0.25, 0.3) is 0 Å². The van der Waals surface area contributed by atoms with Crippen LogP contribution in [0.1, 0.15) is 18.2 Å². The van der Waals surface area contributed by atoms with Gasteiger partial charge in [0.1, 0.15) is 0 Å². The third kappa shape index (κ3) is 6.04. The van der Waals surface area contributed by atoms with E-state index in [9.17, 15) is 0 Å². The van der Waals surface area contributed by atoms with Crippen molar-refractivity contribution in [2.75, 3.05) is 40.4 Å². The summed E-state index contributed by atoms with van der Waals surface area (Å²) in [4.78, 5) is 8.23. The van der Waals surface area contributed by atoms with Gasteiger partial charge in [0.2, 0.25) is 0 Å². The number of hydrogen-bond acceptors (Lipinski definition) is 3. The predicted molar refractivity (Wildman–Crippen MR) is 106 cm³/mol. The van der Waals surface area contributed by atoms with Gasteiger partial charge in [0.05, 0.1) is 6.61 Å². The van der Waals surface area contributed by atoms with E-state index < -0.39 is 0 Å². The van der Waals surface area contributed by atoms with Crippen molar-refractivity contribution in [3.05, 3.63) is 22.4 Å². The van der Waals surface area contributed by atoms with Crippen LogP contribution in [-0.4, -0.2) is 51.3 Å². The first-order valence-electron chi connectivity index (χ1n) is 7.69. The molecule has 0 aliphatic carbocycles. The summed E-state index contributed by atoms with van der Waals surface area (Å²) < 4.78 is 5.26. The van der Waals surface area contributed by atoms with Gasteiger partial charge < -0.3 is 15.0 Å². The lowest BCUT2D eigenvalue weighted by Crippen LogP contribution is -2.42. The van der Waals surface area contributed by atoms with Crippen LogP contribution in [0.2, 0.25) is 0 Å². The fourth-order valence-electron chi connectivity index (χ4n) is 2.84. The number of methoxy groups -OCH3 is 1. The molecule has 2 unspecified atom stereocenters. The maximum absolute atomic E-state index is 5.26. The van der Waals surface area contributed by atoms with E-state index in [1.54, 1.807) is 7.11 Å². The highest BCUT2D eigenvalue weighted by atomic mass is 127. The van der Waals surface area contributed by atoms with Crippen LogP contribution in [0.3, 0.4) is 0 Å². The Kier molecular flexibility index (Phi) is 9.35. The molecule has 0 spiro atoms. The zero-order chi connectivity index (χ0) is 15.1. The molecule has 0 radical (unpaired) electrons. The van der Waals surface area contributed by atoms with Gasteiger partial charge in [-0.25, -0.2) is 0 Å². The molecular formula is C16H28IN3OS. The molecule has 22 heavy (non-hydrogen) atoms. The number of thiophene rings is 1. The van der Waals surface area contributed by atoms with Crippen molar-refractivity contribution in [2.24, 2.45) is 16.8 Å². The van der Waals surface area contributed by atoms with Gasteiger partial charge in [-0.2, -0.15) is 0 Å². The summed E-state index contributed by atoms with van der Waals surface area (Å²) in [7, 11) is 3.65. The van der Waals surface area contributed by atoms with Crippen molar-refractivity contribution < 1.29 is 4.74 Å². The second-order valence-electron chi connectivity index (χ2n) is 5.87. The van der Waals surface area contributed by atoms with Gasteiger partial charge >= 0.3 is 0 Å². The highest BCUT2D eigenvalue weighted by Gasteiger charge is 2.24. The first kappa shape index (κ1) is 19.7. The van der Waals surface area contributed by atoms with Gasteiger partial charge in [0.15, 0.2) is 5.96 Å². The predicted octanol–water partition coefficient (Wildman–Crippen LogP) is 3.09. The average Bonchev–Trinajstić information content (AvgIpc) is 3.12. The lowest BCUT2D eigenvalue weighted by Gasteiger charge is -2.23. The van der Waals surface area contributed by atoms with Crippen LogP contribution in [0.5, 0.6) is 0 Å². The van der Waals surface area contributed by atoms with Crippen LogP contribution in [-0.2, 0) is 11.2 Å². The van der Waals surface area contributed by atoms with Crippen LogP contribution in [0.4, 0.5) is 0 Å². The molecule has 2 heterocycles. The summed E-state index contributed by atoms with van der Waals surface area (Å²) in [6, 6.07) is 4.34. The third-order valence-electron chi connectivity index (χ3n) is 3.94.